The maximum atomic E-state index is 6.93. The van der Waals surface area contributed by atoms with E-state index in [4.69, 9.17) is 10.2 Å². The third-order valence-corrected chi connectivity index (χ3v) is 10.7. The molecule has 3 rings (SSSR count). The van der Waals surface area contributed by atoms with E-state index in [2.05, 4.69) is 97.4 Å². The fourth-order valence-electron chi connectivity index (χ4n) is 3.66. The average Bonchev–Trinajstić information content (AvgIpc) is 2.66. The molecule has 0 aromatic heterocycles. The molecule has 27 heavy (non-hydrogen) atoms. The number of benzene rings is 3. The van der Waals surface area contributed by atoms with Crippen molar-refractivity contribution in [3.63, 3.8) is 0 Å². The minimum Gasteiger partial charge on any atom is -0.403 e. The van der Waals surface area contributed by atoms with Crippen LogP contribution in [0, 0.1) is 0 Å². The zero-order valence-electron chi connectivity index (χ0n) is 16.1. The molecule has 0 fully saturated rings. The summed E-state index contributed by atoms with van der Waals surface area (Å²) in [5.74, 6) is 0. The summed E-state index contributed by atoms with van der Waals surface area (Å²) in [5.41, 5.74) is 8.04. The zero-order valence-corrected chi connectivity index (χ0v) is 18.7. The summed E-state index contributed by atoms with van der Waals surface area (Å²) < 4.78 is 7.83. The van der Waals surface area contributed by atoms with Crippen molar-refractivity contribution in [3.8, 4) is 0 Å². The van der Waals surface area contributed by atoms with Gasteiger partial charge in [0.15, 0.2) is 0 Å². The normalized spacial score (nSPS) is 12.1. The Hall–Kier alpha value is -1.88. The minimum absolute atomic E-state index is 0.0452. The second kappa shape index (κ2) is 8.01. The number of para-hydroxylation sites is 1. The van der Waals surface area contributed by atoms with Crippen LogP contribution in [0.3, 0.4) is 0 Å². The second-order valence-electron chi connectivity index (χ2n) is 7.76. The Morgan fingerprint density at radius 1 is 0.815 bits per heavy atom. The van der Waals surface area contributed by atoms with Gasteiger partial charge in [-0.15, -0.1) is 0 Å². The first-order chi connectivity index (χ1) is 12.9. The van der Waals surface area contributed by atoms with Crippen molar-refractivity contribution in [2.75, 3.05) is 5.73 Å². The number of anilines is 1. The van der Waals surface area contributed by atoms with Crippen molar-refractivity contribution in [1.29, 1.82) is 0 Å². The van der Waals surface area contributed by atoms with E-state index in [1.165, 1.54) is 10.4 Å². The van der Waals surface area contributed by atoms with Crippen LogP contribution in [0.1, 0.15) is 26.3 Å². The highest BCUT2D eigenvalue weighted by molar-refractivity contribution is 9.10. The summed E-state index contributed by atoms with van der Waals surface area (Å²) in [4.78, 5) is 0. The molecule has 2 N–H and O–H groups in total. The lowest BCUT2D eigenvalue weighted by atomic mass is 10.2. The highest BCUT2D eigenvalue weighted by atomic mass is 79.9. The molecule has 0 saturated carbocycles. The van der Waals surface area contributed by atoms with Crippen molar-refractivity contribution in [2.24, 2.45) is 0 Å². The Balaban J connectivity index is 2.13. The minimum atomic E-state index is -2.54. The molecule has 0 spiro atoms. The molecule has 4 heteroatoms. The van der Waals surface area contributed by atoms with Crippen LogP contribution in [0.5, 0.6) is 0 Å². The molecule has 0 amide bonds. The number of halogens is 1. The maximum absolute atomic E-state index is 6.93. The van der Waals surface area contributed by atoms with E-state index >= 15 is 0 Å². The molecule has 0 atom stereocenters. The SMILES string of the molecule is CC(C)(C)[Si](OCc1cccc(Br)c1N)(c1ccccc1)c1ccccc1. The van der Waals surface area contributed by atoms with Crippen LogP contribution in [0.4, 0.5) is 5.69 Å². The topological polar surface area (TPSA) is 35.2 Å². The Morgan fingerprint density at radius 3 is 1.81 bits per heavy atom. The van der Waals surface area contributed by atoms with Crippen LogP contribution in [-0.2, 0) is 11.0 Å². The van der Waals surface area contributed by atoms with E-state index in [0.717, 1.165) is 15.7 Å². The Bertz CT molecular complexity index is 852. The molecule has 0 aliphatic carbocycles. The summed E-state index contributed by atoms with van der Waals surface area (Å²) in [6.07, 6.45) is 0. The Morgan fingerprint density at radius 2 is 1.33 bits per heavy atom. The summed E-state index contributed by atoms with van der Waals surface area (Å²) in [6.45, 7) is 7.33. The molecule has 0 aliphatic rings. The largest absolute Gasteiger partial charge is 0.403 e. The molecular weight excluding hydrogens is 414 g/mol. The van der Waals surface area contributed by atoms with Gasteiger partial charge in [0, 0.05) is 10.0 Å². The number of nitrogens with two attached hydrogens (primary N) is 1. The predicted octanol–water partition coefficient (Wildman–Crippen LogP) is 5.11. The van der Waals surface area contributed by atoms with Crippen molar-refractivity contribution in [3.05, 3.63) is 88.9 Å². The standard InChI is InChI=1S/C23H26BrNOSi/c1-23(2,3)27(19-12-6-4-7-13-19,20-14-8-5-9-15-20)26-17-18-11-10-16-21(24)22(18)25/h4-16H,17,25H2,1-3H3. The van der Waals surface area contributed by atoms with Crippen LogP contribution in [0.25, 0.3) is 0 Å². The highest BCUT2D eigenvalue weighted by Gasteiger charge is 2.50. The van der Waals surface area contributed by atoms with Gasteiger partial charge in [-0.2, -0.15) is 0 Å². The van der Waals surface area contributed by atoms with Gasteiger partial charge in [-0.1, -0.05) is 93.6 Å². The first-order valence-corrected chi connectivity index (χ1v) is 11.8. The van der Waals surface area contributed by atoms with Crippen LogP contribution in [0.2, 0.25) is 5.04 Å². The quantitative estimate of drug-likeness (QED) is 0.442. The van der Waals surface area contributed by atoms with Crippen molar-refractivity contribution >= 4 is 40.3 Å². The Labute approximate surface area is 171 Å². The molecule has 0 bridgehead atoms. The van der Waals surface area contributed by atoms with E-state index in [1.807, 2.05) is 18.2 Å². The number of hydrogen-bond acceptors (Lipinski definition) is 2. The van der Waals surface area contributed by atoms with Gasteiger partial charge < -0.3 is 10.2 Å². The summed E-state index contributed by atoms with van der Waals surface area (Å²) in [6, 6.07) is 27.3. The van der Waals surface area contributed by atoms with E-state index in [0.29, 0.717) is 6.61 Å². The molecule has 140 valence electrons. The fourth-order valence-corrected chi connectivity index (χ4v) is 8.59. The van der Waals surface area contributed by atoms with Crippen molar-refractivity contribution in [2.45, 2.75) is 32.4 Å². The molecule has 2 nitrogen and oxygen atoms in total. The van der Waals surface area contributed by atoms with E-state index < -0.39 is 8.32 Å². The number of hydrogen-bond donors (Lipinski definition) is 1. The van der Waals surface area contributed by atoms with E-state index in [-0.39, 0.29) is 5.04 Å². The van der Waals surface area contributed by atoms with Gasteiger partial charge in [0.05, 0.1) is 12.3 Å². The van der Waals surface area contributed by atoms with E-state index in [1.54, 1.807) is 0 Å². The molecule has 3 aromatic carbocycles. The lowest BCUT2D eigenvalue weighted by molar-refractivity contribution is 0.287. The average molecular weight is 440 g/mol. The smallest absolute Gasteiger partial charge is 0.261 e. The monoisotopic (exact) mass is 439 g/mol. The molecular formula is C23H26BrNOSi. The first kappa shape index (κ1) is 19.9. The first-order valence-electron chi connectivity index (χ1n) is 9.14. The van der Waals surface area contributed by atoms with Gasteiger partial charge in [0.1, 0.15) is 0 Å². The van der Waals surface area contributed by atoms with Gasteiger partial charge in [-0.25, -0.2) is 0 Å². The molecule has 3 aromatic rings. The van der Waals surface area contributed by atoms with Gasteiger partial charge >= 0.3 is 0 Å². The number of nitrogen functional groups attached to an aromatic ring is 1. The van der Waals surface area contributed by atoms with Crippen LogP contribution in [0.15, 0.2) is 83.3 Å². The van der Waals surface area contributed by atoms with E-state index in [9.17, 15) is 0 Å². The summed E-state index contributed by atoms with van der Waals surface area (Å²) in [7, 11) is -2.54. The molecule has 0 heterocycles. The second-order valence-corrected chi connectivity index (χ2v) is 12.9. The molecule has 0 aliphatic heterocycles. The van der Waals surface area contributed by atoms with Crippen LogP contribution in [-0.4, -0.2) is 8.32 Å². The number of rotatable bonds is 5. The van der Waals surface area contributed by atoms with Crippen LogP contribution >= 0.6 is 15.9 Å². The predicted molar refractivity (Wildman–Crippen MR) is 121 cm³/mol. The zero-order chi connectivity index (χ0) is 19.5. The van der Waals surface area contributed by atoms with Gasteiger partial charge in [0.2, 0.25) is 0 Å². The third kappa shape index (κ3) is 3.88. The van der Waals surface area contributed by atoms with Gasteiger partial charge in [-0.05, 0) is 37.4 Å². The van der Waals surface area contributed by atoms with Crippen LogP contribution < -0.4 is 16.1 Å². The molecule has 0 unspecified atom stereocenters. The van der Waals surface area contributed by atoms with Crippen molar-refractivity contribution in [1.82, 2.24) is 0 Å². The molecule has 0 saturated heterocycles. The summed E-state index contributed by atoms with van der Waals surface area (Å²) in [5, 5.41) is 2.51. The van der Waals surface area contributed by atoms with Crippen molar-refractivity contribution < 1.29 is 4.43 Å². The summed E-state index contributed by atoms with van der Waals surface area (Å²) >= 11 is 3.53. The molecule has 0 radical (unpaired) electrons. The maximum Gasteiger partial charge on any atom is 0.261 e. The van der Waals surface area contributed by atoms with Gasteiger partial charge in [0.25, 0.3) is 8.32 Å². The Kier molecular flexibility index (Phi) is 5.89. The lowest BCUT2D eigenvalue weighted by Crippen LogP contribution is -2.66. The highest BCUT2D eigenvalue weighted by Crippen LogP contribution is 2.37. The lowest BCUT2D eigenvalue weighted by Gasteiger charge is -2.43. The fraction of sp³-hybridized carbons (Fsp3) is 0.217. The van der Waals surface area contributed by atoms with Gasteiger partial charge in [-0.3, -0.25) is 0 Å². The third-order valence-electron chi connectivity index (χ3n) is 5.00.